The molecule has 1 aromatic rings. The van der Waals surface area contributed by atoms with Crippen LogP contribution in [0.4, 0.5) is 0 Å². The summed E-state index contributed by atoms with van der Waals surface area (Å²) in [6, 6.07) is 5.22. The second-order valence-corrected chi connectivity index (χ2v) is 5.60. The van der Waals surface area contributed by atoms with E-state index in [2.05, 4.69) is 21.9 Å². The molecule has 0 aliphatic carbocycles. The van der Waals surface area contributed by atoms with Crippen LogP contribution < -0.4 is 10.0 Å². The quantitative estimate of drug-likeness (QED) is 0.649. The van der Waals surface area contributed by atoms with Gasteiger partial charge in [-0.2, -0.15) is 4.72 Å². The summed E-state index contributed by atoms with van der Waals surface area (Å²) in [7, 11) is -2.45. The number of carbonyl (C=O) groups excluding carboxylic acids is 1. The van der Waals surface area contributed by atoms with Crippen LogP contribution in [-0.4, -0.2) is 39.1 Å². The largest absolute Gasteiger partial charge is 0.384 e. The minimum Gasteiger partial charge on any atom is -0.384 e. The highest BCUT2D eigenvalue weighted by molar-refractivity contribution is 7.89. The van der Waals surface area contributed by atoms with Gasteiger partial charge in [-0.25, -0.2) is 8.42 Å². The predicted molar refractivity (Wildman–Crippen MR) is 74.3 cm³/mol. The van der Waals surface area contributed by atoms with E-state index in [1.807, 2.05) is 0 Å². The summed E-state index contributed by atoms with van der Waals surface area (Å²) < 4.78 is 26.7. The molecule has 0 aliphatic heterocycles. The van der Waals surface area contributed by atoms with Gasteiger partial charge in [-0.15, -0.1) is 0 Å². The summed E-state index contributed by atoms with van der Waals surface area (Å²) in [5.74, 6) is 4.53. The van der Waals surface area contributed by atoms with Crippen molar-refractivity contribution in [3.05, 3.63) is 29.8 Å². The van der Waals surface area contributed by atoms with E-state index < -0.39 is 22.0 Å². The molecule has 0 saturated carbocycles. The summed E-state index contributed by atoms with van der Waals surface area (Å²) in [5.41, 5.74) is 0.262. The molecule has 0 aliphatic rings. The third-order valence-corrected chi connectivity index (χ3v) is 4.05. The van der Waals surface area contributed by atoms with Gasteiger partial charge in [-0.1, -0.05) is 24.0 Å². The van der Waals surface area contributed by atoms with Gasteiger partial charge in [0, 0.05) is 12.6 Å². The fourth-order valence-electron chi connectivity index (χ4n) is 1.51. The molecule has 1 amide bonds. The number of hydrogen-bond donors (Lipinski definition) is 3. The molecule has 0 bridgehead atoms. The molecule has 1 atom stereocenters. The van der Waals surface area contributed by atoms with Crippen LogP contribution in [0, 0.1) is 11.8 Å². The minimum atomic E-state index is -3.87. The van der Waals surface area contributed by atoms with E-state index in [1.54, 1.807) is 12.1 Å². The van der Waals surface area contributed by atoms with Crippen LogP contribution >= 0.6 is 0 Å². The normalized spacial score (nSPS) is 12.2. The van der Waals surface area contributed by atoms with Crippen LogP contribution in [-0.2, 0) is 14.8 Å². The molecule has 0 spiro atoms. The number of likely N-dealkylation sites (N-methyl/N-ethyl adjacent to an activating group) is 1. The van der Waals surface area contributed by atoms with E-state index in [0.717, 1.165) is 0 Å². The first-order valence-electron chi connectivity index (χ1n) is 5.85. The van der Waals surface area contributed by atoms with Gasteiger partial charge in [0.15, 0.2) is 0 Å². The number of carbonyl (C=O) groups is 1. The van der Waals surface area contributed by atoms with Gasteiger partial charge in [0.1, 0.15) is 6.61 Å². The van der Waals surface area contributed by atoms with Crippen molar-refractivity contribution in [3.8, 4) is 11.8 Å². The van der Waals surface area contributed by atoms with E-state index in [0.29, 0.717) is 0 Å². The molecule has 0 radical (unpaired) electrons. The second kappa shape index (κ2) is 7.05. The maximum absolute atomic E-state index is 12.2. The van der Waals surface area contributed by atoms with E-state index in [9.17, 15) is 13.2 Å². The Hall–Kier alpha value is -1.88. The van der Waals surface area contributed by atoms with Crippen LogP contribution in [0.3, 0.4) is 0 Å². The monoisotopic (exact) mass is 296 g/mol. The fraction of sp³-hybridized carbons (Fsp3) is 0.308. The number of aliphatic hydroxyl groups excluding tert-OH is 1. The van der Waals surface area contributed by atoms with E-state index in [1.165, 1.54) is 26.1 Å². The Morgan fingerprint density at radius 2 is 2.05 bits per heavy atom. The highest BCUT2D eigenvalue weighted by Gasteiger charge is 2.23. The molecule has 7 heteroatoms. The van der Waals surface area contributed by atoms with Gasteiger partial charge in [0.05, 0.1) is 10.9 Å². The lowest BCUT2D eigenvalue weighted by molar-refractivity contribution is -0.121. The van der Waals surface area contributed by atoms with Crippen LogP contribution in [0.5, 0.6) is 0 Å². The fourth-order valence-corrected chi connectivity index (χ4v) is 2.87. The number of benzene rings is 1. The Kier molecular flexibility index (Phi) is 5.70. The standard InChI is InChI=1S/C13H16N2O4S/c1-10(13(17)14-2)15-20(18,19)12-8-4-3-6-11(12)7-5-9-16/h3-4,6,8,10,15-16H,9H2,1-2H3,(H,14,17). The summed E-state index contributed by atoms with van der Waals surface area (Å²) >= 11 is 0. The van der Waals surface area contributed by atoms with E-state index in [4.69, 9.17) is 5.11 Å². The zero-order chi connectivity index (χ0) is 15.2. The average Bonchev–Trinajstić information content (AvgIpc) is 2.43. The lowest BCUT2D eigenvalue weighted by Gasteiger charge is -2.13. The van der Waals surface area contributed by atoms with Gasteiger partial charge in [-0.3, -0.25) is 4.79 Å². The van der Waals surface area contributed by atoms with Crippen molar-refractivity contribution in [3.63, 3.8) is 0 Å². The number of sulfonamides is 1. The molecule has 6 nitrogen and oxygen atoms in total. The second-order valence-electron chi connectivity index (χ2n) is 3.91. The van der Waals surface area contributed by atoms with Crippen molar-refractivity contribution in [2.45, 2.75) is 17.9 Å². The molecule has 1 unspecified atom stereocenters. The molecular formula is C13H16N2O4S. The van der Waals surface area contributed by atoms with Crippen molar-refractivity contribution >= 4 is 15.9 Å². The van der Waals surface area contributed by atoms with E-state index in [-0.39, 0.29) is 17.1 Å². The summed E-state index contributed by atoms with van der Waals surface area (Å²) in [6.45, 7) is 1.08. The Morgan fingerprint density at radius 1 is 1.40 bits per heavy atom. The third kappa shape index (κ3) is 4.06. The van der Waals surface area contributed by atoms with Crippen molar-refractivity contribution in [2.75, 3.05) is 13.7 Å². The molecule has 0 aromatic heterocycles. The predicted octanol–water partition coefficient (Wildman–Crippen LogP) is -0.557. The maximum Gasteiger partial charge on any atom is 0.242 e. The van der Waals surface area contributed by atoms with Gasteiger partial charge >= 0.3 is 0 Å². The zero-order valence-corrected chi connectivity index (χ0v) is 12.0. The lowest BCUT2D eigenvalue weighted by Crippen LogP contribution is -2.43. The number of amides is 1. The van der Waals surface area contributed by atoms with Crippen molar-refractivity contribution in [1.29, 1.82) is 0 Å². The van der Waals surface area contributed by atoms with Crippen LogP contribution in [0.2, 0.25) is 0 Å². The first-order valence-corrected chi connectivity index (χ1v) is 7.33. The highest BCUT2D eigenvalue weighted by Crippen LogP contribution is 2.14. The van der Waals surface area contributed by atoms with Crippen LogP contribution in [0.25, 0.3) is 0 Å². The number of nitrogens with one attached hydrogen (secondary N) is 2. The van der Waals surface area contributed by atoms with Crippen molar-refractivity contribution < 1.29 is 18.3 Å². The third-order valence-electron chi connectivity index (χ3n) is 2.45. The molecule has 0 fully saturated rings. The molecule has 1 aromatic carbocycles. The number of aliphatic hydroxyl groups is 1. The summed E-state index contributed by atoms with van der Waals surface area (Å²) in [5, 5.41) is 11.0. The molecule has 0 saturated heterocycles. The van der Waals surface area contributed by atoms with Gasteiger partial charge < -0.3 is 10.4 Å². The zero-order valence-electron chi connectivity index (χ0n) is 11.2. The van der Waals surface area contributed by atoms with Crippen LogP contribution in [0.1, 0.15) is 12.5 Å². The minimum absolute atomic E-state index is 0.0308. The first kappa shape index (κ1) is 16.2. The van der Waals surface area contributed by atoms with Gasteiger partial charge in [0.2, 0.25) is 15.9 Å². The Morgan fingerprint density at radius 3 is 2.65 bits per heavy atom. The van der Waals surface area contributed by atoms with Gasteiger partial charge in [-0.05, 0) is 19.1 Å². The molecule has 3 N–H and O–H groups in total. The van der Waals surface area contributed by atoms with Crippen LogP contribution in [0.15, 0.2) is 29.2 Å². The first-order chi connectivity index (χ1) is 9.42. The Balaban J connectivity index is 3.13. The average molecular weight is 296 g/mol. The molecule has 20 heavy (non-hydrogen) atoms. The highest BCUT2D eigenvalue weighted by atomic mass is 32.2. The van der Waals surface area contributed by atoms with E-state index >= 15 is 0 Å². The topological polar surface area (TPSA) is 95.5 Å². The van der Waals surface area contributed by atoms with Crippen molar-refractivity contribution in [2.24, 2.45) is 0 Å². The van der Waals surface area contributed by atoms with Gasteiger partial charge in [0.25, 0.3) is 0 Å². The number of rotatable bonds is 4. The van der Waals surface area contributed by atoms with Crippen molar-refractivity contribution in [1.82, 2.24) is 10.0 Å². The molecule has 1 rings (SSSR count). The molecular weight excluding hydrogens is 280 g/mol. The molecule has 108 valence electrons. The summed E-state index contributed by atoms with van der Waals surface area (Å²) in [6.07, 6.45) is 0. The summed E-state index contributed by atoms with van der Waals surface area (Å²) in [4.78, 5) is 11.3. The molecule has 0 heterocycles. The smallest absolute Gasteiger partial charge is 0.242 e. The maximum atomic E-state index is 12.2. The lowest BCUT2D eigenvalue weighted by atomic mass is 10.2. The Labute approximate surface area is 118 Å². The number of hydrogen-bond acceptors (Lipinski definition) is 4. The SMILES string of the molecule is CNC(=O)C(C)NS(=O)(=O)c1ccccc1C#CCO. The Bertz CT molecular complexity index is 644.